The summed E-state index contributed by atoms with van der Waals surface area (Å²) in [5.41, 5.74) is 12.4. The Bertz CT molecular complexity index is 3140. The monoisotopic (exact) mass is 706 g/mol. The summed E-state index contributed by atoms with van der Waals surface area (Å²) < 4.78 is 8.65. The second-order valence-corrected chi connectivity index (χ2v) is 15.0. The summed E-state index contributed by atoms with van der Waals surface area (Å²) in [7, 11) is 0. The molecule has 0 bridgehead atoms. The summed E-state index contributed by atoms with van der Waals surface area (Å²) in [6.45, 7) is 0. The summed E-state index contributed by atoms with van der Waals surface area (Å²) in [6.07, 6.45) is 0. The Hall–Kier alpha value is -6.95. The van der Waals surface area contributed by atoms with Gasteiger partial charge in [-0.05, 0) is 60.7 Å². The highest BCUT2D eigenvalue weighted by Gasteiger charge is 2.26. The van der Waals surface area contributed by atoms with Crippen LogP contribution in [0.15, 0.2) is 182 Å². The Morgan fingerprint density at radius 2 is 0.685 bits per heavy atom. The molecule has 0 aliphatic rings. The van der Waals surface area contributed by atoms with Crippen molar-refractivity contribution in [1.29, 1.82) is 0 Å². The van der Waals surface area contributed by atoms with Crippen molar-refractivity contribution in [3.05, 3.63) is 182 Å². The van der Waals surface area contributed by atoms with Crippen LogP contribution in [0, 0.1) is 0 Å². The molecule has 12 rings (SSSR count). The molecular formula is C49H30N4S. The fourth-order valence-corrected chi connectivity index (χ4v) is 9.77. The lowest BCUT2D eigenvalue weighted by molar-refractivity contribution is 1.05. The molecule has 8 aromatic carbocycles. The molecule has 0 amide bonds. The first kappa shape index (κ1) is 29.6. The number of benzene rings is 8. The van der Waals surface area contributed by atoms with Gasteiger partial charge in [0.05, 0.1) is 60.4 Å². The fourth-order valence-electron chi connectivity index (χ4n) is 8.82. The average molecular weight is 707 g/mol. The minimum atomic E-state index is 0.994. The lowest BCUT2D eigenvalue weighted by Crippen LogP contribution is -2.10. The highest BCUT2D eigenvalue weighted by atomic mass is 32.1. The maximum Gasteiger partial charge on any atom is 0.124 e. The largest absolute Gasteiger partial charge is 0.307 e. The first-order valence-electron chi connectivity index (χ1n) is 18.3. The van der Waals surface area contributed by atoms with Gasteiger partial charge in [0.25, 0.3) is 0 Å². The summed E-state index contributed by atoms with van der Waals surface area (Å²) >= 11 is 1.75. The second kappa shape index (κ2) is 11.3. The van der Waals surface area contributed by atoms with Gasteiger partial charge < -0.3 is 13.7 Å². The van der Waals surface area contributed by atoms with Crippen molar-refractivity contribution in [3.8, 4) is 27.6 Å². The van der Waals surface area contributed by atoms with Crippen LogP contribution in [0.2, 0.25) is 0 Å². The second-order valence-electron chi connectivity index (χ2n) is 14.0. The number of fused-ring (bicyclic) bond motifs is 10. The Morgan fingerprint density at radius 1 is 0.352 bits per heavy atom. The van der Waals surface area contributed by atoms with E-state index in [0.717, 1.165) is 66.3 Å². The van der Waals surface area contributed by atoms with E-state index >= 15 is 0 Å². The van der Waals surface area contributed by atoms with Gasteiger partial charge in [0.1, 0.15) is 5.01 Å². The van der Waals surface area contributed by atoms with Gasteiger partial charge >= 0.3 is 0 Å². The van der Waals surface area contributed by atoms with Crippen LogP contribution in [0.5, 0.6) is 0 Å². The standard InChI is InChI=1S/C49H30N4S/c1-8-22-39-32(15-1)33-16-2-9-23-40(33)51(39)45-29-31(49-50-38-21-7-14-28-47(38)54-49)30-46(52-41-24-10-3-17-34(41)35-18-4-11-25-42(35)52)48(45)53-43-26-12-5-19-36(43)37-20-6-13-27-44(37)53/h1-30H. The van der Waals surface area contributed by atoms with Crippen LogP contribution in [0.1, 0.15) is 0 Å². The van der Waals surface area contributed by atoms with E-state index in [1.54, 1.807) is 11.3 Å². The van der Waals surface area contributed by atoms with E-state index in [2.05, 4.69) is 196 Å². The number of aromatic nitrogens is 4. The maximum absolute atomic E-state index is 5.26. The van der Waals surface area contributed by atoms with Gasteiger partial charge in [-0.25, -0.2) is 4.98 Å². The smallest absolute Gasteiger partial charge is 0.124 e. The van der Waals surface area contributed by atoms with Crippen LogP contribution >= 0.6 is 11.3 Å². The van der Waals surface area contributed by atoms with E-state index in [4.69, 9.17) is 4.98 Å². The number of thiazole rings is 1. The number of para-hydroxylation sites is 7. The molecule has 54 heavy (non-hydrogen) atoms. The van der Waals surface area contributed by atoms with Crippen molar-refractivity contribution < 1.29 is 0 Å². The molecule has 0 fully saturated rings. The minimum absolute atomic E-state index is 0.994. The third kappa shape index (κ3) is 4.10. The zero-order valence-corrected chi connectivity index (χ0v) is 29.8. The Kier molecular flexibility index (Phi) is 6.18. The highest BCUT2D eigenvalue weighted by molar-refractivity contribution is 7.21. The number of hydrogen-bond donors (Lipinski definition) is 0. The summed E-state index contributed by atoms with van der Waals surface area (Å²) in [5.74, 6) is 0. The van der Waals surface area contributed by atoms with E-state index in [9.17, 15) is 0 Å². The van der Waals surface area contributed by atoms with Crippen molar-refractivity contribution in [2.45, 2.75) is 0 Å². The van der Waals surface area contributed by atoms with Crippen molar-refractivity contribution in [2.75, 3.05) is 0 Å². The zero-order chi connectivity index (χ0) is 35.3. The van der Waals surface area contributed by atoms with Crippen LogP contribution in [-0.2, 0) is 0 Å². The van der Waals surface area contributed by atoms with Crippen LogP contribution in [0.4, 0.5) is 0 Å². The van der Waals surface area contributed by atoms with E-state index in [1.165, 1.54) is 37.0 Å². The number of rotatable bonds is 4. The topological polar surface area (TPSA) is 27.7 Å². The number of hydrogen-bond acceptors (Lipinski definition) is 2. The fraction of sp³-hybridized carbons (Fsp3) is 0. The van der Waals surface area contributed by atoms with Crippen molar-refractivity contribution >= 4 is 87.0 Å². The quantitative estimate of drug-likeness (QED) is 0.179. The molecule has 252 valence electrons. The lowest BCUT2D eigenvalue weighted by Gasteiger charge is -2.23. The van der Waals surface area contributed by atoms with E-state index < -0.39 is 0 Å². The molecular weight excluding hydrogens is 677 g/mol. The molecule has 4 heterocycles. The van der Waals surface area contributed by atoms with Gasteiger partial charge in [-0.2, -0.15) is 0 Å². The molecule has 0 radical (unpaired) electrons. The van der Waals surface area contributed by atoms with Gasteiger partial charge in [-0.15, -0.1) is 11.3 Å². The Labute approximate surface area is 314 Å². The molecule has 4 aromatic heterocycles. The van der Waals surface area contributed by atoms with Gasteiger partial charge in [-0.3, -0.25) is 0 Å². The molecule has 0 saturated carbocycles. The van der Waals surface area contributed by atoms with Crippen LogP contribution in [-0.4, -0.2) is 18.7 Å². The average Bonchev–Trinajstić information content (AvgIpc) is 3.99. The normalized spacial score (nSPS) is 12.1. The van der Waals surface area contributed by atoms with Crippen LogP contribution in [0.3, 0.4) is 0 Å². The van der Waals surface area contributed by atoms with Crippen molar-refractivity contribution in [3.63, 3.8) is 0 Å². The third-order valence-electron chi connectivity index (χ3n) is 11.1. The molecule has 5 heteroatoms. The van der Waals surface area contributed by atoms with Crippen molar-refractivity contribution in [1.82, 2.24) is 18.7 Å². The Morgan fingerprint density at radius 3 is 1.07 bits per heavy atom. The molecule has 0 aliphatic carbocycles. The first-order chi connectivity index (χ1) is 26.8. The SMILES string of the molecule is c1ccc2sc(-c3cc(-n4c5ccccc5c5ccccc54)c(-n4c5ccccc5c5ccccc54)c(-n4c5ccccc5c5ccccc54)c3)nc2c1. The summed E-state index contributed by atoms with van der Waals surface area (Å²) in [6, 6.07) is 66.1. The van der Waals surface area contributed by atoms with Gasteiger partial charge in [0.15, 0.2) is 0 Å². The minimum Gasteiger partial charge on any atom is -0.307 e. The van der Waals surface area contributed by atoms with E-state index in [0.29, 0.717) is 0 Å². The summed E-state index contributed by atoms with van der Waals surface area (Å²) in [5, 5.41) is 8.36. The highest BCUT2D eigenvalue weighted by Crippen LogP contribution is 2.45. The molecule has 12 aromatic rings. The first-order valence-corrected chi connectivity index (χ1v) is 19.1. The molecule has 0 aliphatic heterocycles. The molecule has 0 saturated heterocycles. The summed E-state index contributed by atoms with van der Waals surface area (Å²) in [4.78, 5) is 5.26. The maximum atomic E-state index is 5.26. The van der Waals surface area contributed by atoms with E-state index in [1.807, 2.05) is 0 Å². The van der Waals surface area contributed by atoms with Crippen LogP contribution in [0.25, 0.3) is 103 Å². The molecule has 0 unspecified atom stereocenters. The van der Waals surface area contributed by atoms with Crippen molar-refractivity contribution in [2.24, 2.45) is 0 Å². The predicted octanol–water partition coefficient (Wildman–Crippen LogP) is 13.3. The lowest BCUT2D eigenvalue weighted by atomic mass is 10.1. The van der Waals surface area contributed by atoms with Gasteiger partial charge in [0.2, 0.25) is 0 Å². The molecule has 0 N–H and O–H groups in total. The number of nitrogens with zero attached hydrogens (tertiary/aromatic N) is 4. The van der Waals surface area contributed by atoms with Crippen LogP contribution < -0.4 is 0 Å². The van der Waals surface area contributed by atoms with E-state index in [-0.39, 0.29) is 0 Å². The van der Waals surface area contributed by atoms with Gasteiger partial charge in [-0.1, -0.05) is 121 Å². The molecule has 0 spiro atoms. The zero-order valence-electron chi connectivity index (χ0n) is 29.0. The Balaban J connectivity index is 1.36. The molecule has 0 atom stereocenters. The third-order valence-corrected chi connectivity index (χ3v) is 12.1. The molecule has 4 nitrogen and oxygen atoms in total. The van der Waals surface area contributed by atoms with Gasteiger partial charge in [0, 0.05) is 37.9 Å². The predicted molar refractivity (Wildman–Crippen MR) is 228 cm³/mol.